The van der Waals surface area contributed by atoms with E-state index in [2.05, 4.69) is 0 Å². The number of hydrogen-bond acceptors (Lipinski definition) is 4. The van der Waals surface area contributed by atoms with Gasteiger partial charge in [-0.2, -0.15) is 0 Å². The van der Waals surface area contributed by atoms with Gasteiger partial charge in [0.1, 0.15) is 0 Å². The summed E-state index contributed by atoms with van der Waals surface area (Å²) in [6, 6.07) is 4.65. The molecule has 1 aromatic carbocycles. The standard InChI is InChI=1S/C15H19NO5S/c1-3-14(17)16-10(2)8-11-9-12(4-5-13(11)16)22(20,21)7-6-15(18)19/h4-5,9-10H,3,6-8H2,1-2H3,(H,18,19)/t10-/m0/s1. The minimum atomic E-state index is -3.62. The summed E-state index contributed by atoms with van der Waals surface area (Å²) in [7, 11) is -3.62. The van der Waals surface area contributed by atoms with Crippen LogP contribution in [0.2, 0.25) is 0 Å². The SMILES string of the molecule is CCC(=O)N1c2ccc(S(=O)(=O)CCC(=O)O)cc2C[C@@H]1C. The number of carboxylic acids is 1. The molecular weight excluding hydrogens is 306 g/mol. The van der Waals surface area contributed by atoms with Crippen LogP contribution in [0.25, 0.3) is 0 Å². The summed E-state index contributed by atoms with van der Waals surface area (Å²) in [5.74, 6) is -1.56. The summed E-state index contributed by atoms with van der Waals surface area (Å²) < 4.78 is 24.3. The molecule has 1 aliphatic rings. The van der Waals surface area contributed by atoms with Crippen molar-refractivity contribution in [3.05, 3.63) is 23.8 Å². The van der Waals surface area contributed by atoms with E-state index in [9.17, 15) is 18.0 Å². The fourth-order valence-corrected chi connectivity index (χ4v) is 3.97. The Hall–Kier alpha value is -1.89. The topological polar surface area (TPSA) is 91.8 Å². The van der Waals surface area contributed by atoms with Gasteiger partial charge in [-0.05, 0) is 37.1 Å². The van der Waals surface area contributed by atoms with E-state index >= 15 is 0 Å². The molecule has 120 valence electrons. The highest BCUT2D eigenvalue weighted by molar-refractivity contribution is 7.91. The maximum absolute atomic E-state index is 12.1. The van der Waals surface area contributed by atoms with Crippen molar-refractivity contribution >= 4 is 27.4 Å². The third kappa shape index (κ3) is 3.14. The second-order valence-electron chi connectivity index (χ2n) is 5.42. The summed E-state index contributed by atoms with van der Waals surface area (Å²) in [6.07, 6.45) is 0.572. The number of carboxylic acid groups (broad SMARTS) is 1. The van der Waals surface area contributed by atoms with E-state index in [4.69, 9.17) is 5.11 Å². The number of rotatable bonds is 5. The molecule has 2 rings (SSSR count). The van der Waals surface area contributed by atoms with Crippen LogP contribution in [0.15, 0.2) is 23.1 Å². The van der Waals surface area contributed by atoms with Crippen molar-refractivity contribution < 1.29 is 23.1 Å². The van der Waals surface area contributed by atoms with Crippen LogP contribution < -0.4 is 4.90 Å². The van der Waals surface area contributed by atoms with Crippen molar-refractivity contribution in [2.75, 3.05) is 10.7 Å². The molecule has 0 bridgehead atoms. The van der Waals surface area contributed by atoms with Crippen LogP contribution >= 0.6 is 0 Å². The number of anilines is 1. The fourth-order valence-electron chi connectivity index (χ4n) is 2.69. The average Bonchev–Trinajstić information content (AvgIpc) is 2.79. The van der Waals surface area contributed by atoms with Gasteiger partial charge in [0, 0.05) is 18.2 Å². The Bertz CT molecular complexity index is 711. The van der Waals surface area contributed by atoms with Crippen LogP contribution in [-0.4, -0.2) is 37.2 Å². The lowest BCUT2D eigenvalue weighted by atomic mass is 10.1. The molecule has 0 spiro atoms. The Labute approximate surface area is 129 Å². The smallest absolute Gasteiger partial charge is 0.304 e. The third-order valence-corrected chi connectivity index (χ3v) is 5.50. The molecule has 0 aromatic heterocycles. The number of nitrogens with zero attached hydrogens (tertiary/aromatic N) is 1. The van der Waals surface area contributed by atoms with Gasteiger partial charge in [-0.15, -0.1) is 0 Å². The van der Waals surface area contributed by atoms with E-state index in [0.717, 1.165) is 11.3 Å². The van der Waals surface area contributed by atoms with Crippen molar-refractivity contribution in [1.29, 1.82) is 0 Å². The van der Waals surface area contributed by atoms with Gasteiger partial charge in [-0.3, -0.25) is 9.59 Å². The van der Waals surface area contributed by atoms with Gasteiger partial charge in [0.2, 0.25) is 5.91 Å². The normalized spacial score (nSPS) is 17.4. The Morgan fingerprint density at radius 3 is 2.64 bits per heavy atom. The number of benzene rings is 1. The van der Waals surface area contributed by atoms with Crippen molar-refractivity contribution in [1.82, 2.24) is 0 Å². The highest BCUT2D eigenvalue weighted by Gasteiger charge is 2.31. The first-order chi connectivity index (χ1) is 10.3. The third-order valence-electron chi connectivity index (χ3n) is 3.78. The Morgan fingerprint density at radius 2 is 2.05 bits per heavy atom. The Morgan fingerprint density at radius 1 is 1.36 bits per heavy atom. The summed E-state index contributed by atoms with van der Waals surface area (Å²) >= 11 is 0. The van der Waals surface area contributed by atoms with Crippen molar-refractivity contribution in [2.45, 2.75) is 44.0 Å². The van der Waals surface area contributed by atoms with Gasteiger partial charge in [-0.1, -0.05) is 6.92 Å². The summed E-state index contributed by atoms with van der Waals surface area (Å²) in [5.41, 5.74) is 1.56. The molecule has 1 aromatic rings. The van der Waals surface area contributed by atoms with E-state index in [1.165, 1.54) is 6.07 Å². The summed E-state index contributed by atoms with van der Waals surface area (Å²) in [4.78, 5) is 24.4. The van der Waals surface area contributed by atoms with Crippen LogP contribution in [0.1, 0.15) is 32.3 Å². The molecule has 7 heteroatoms. The van der Waals surface area contributed by atoms with Crippen molar-refractivity contribution in [3.8, 4) is 0 Å². The number of aliphatic carboxylic acids is 1. The molecule has 1 aliphatic heterocycles. The van der Waals surface area contributed by atoms with Gasteiger partial charge in [0.25, 0.3) is 0 Å². The van der Waals surface area contributed by atoms with Crippen LogP contribution in [0.4, 0.5) is 5.69 Å². The molecule has 1 atom stereocenters. The molecule has 0 saturated carbocycles. The van der Waals surface area contributed by atoms with Crippen LogP contribution in [0.3, 0.4) is 0 Å². The van der Waals surface area contributed by atoms with Crippen molar-refractivity contribution in [3.63, 3.8) is 0 Å². The summed E-state index contributed by atoms with van der Waals surface area (Å²) in [5, 5.41) is 8.63. The van der Waals surface area contributed by atoms with E-state index < -0.39 is 28.0 Å². The van der Waals surface area contributed by atoms with Crippen LogP contribution in [-0.2, 0) is 25.8 Å². The van der Waals surface area contributed by atoms with Crippen molar-refractivity contribution in [2.24, 2.45) is 0 Å². The minimum absolute atomic E-state index is 0.000534. The molecule has 1 N–H and O–H groups in total. The lowest BCUT2D eigenvalue weighted by Gasteiger charge is -2.22. The maximum atomic E-state index is 12.1. The van der Waals surface area contributed by atoms with E-state index in [0.29, 0.717) is 12.8 Å². The van der Waals surface area contributed by atoms with Gasteiger partial charge in [0.05, 0.1) is 17.1 Å². The number of carbonyl (C=O) groups is 2. The molecular formula is C15H19NO5S. The number of fused-ring (bicyclic) bond motifs is 1. The zero-order chi connectivity index (χ0) is 16.5. The van der Waals surface area contributed by atoms with Crippen LogP contribution in [0, 0.1) is 0 Å². The van der Waals surface area contributed by atoms with Crippen LogP contribution in [0.5, 0.6) is 0 Å². The quantitative estimate of drug-likeness (QED) is 0.888. The second kappa shape index (κ2) is 6.08. The Kier molecular flexibility index (Phi) is 4.55. The van der Waals surface area contributed by atoms with Gasteiger partial charge >= 0.3 is 5.97 Å². The number of sulfone groups is 1. The predicted molar refractivity (Wildman–Crippen MR) is 81.7 cm³/mol. The zero-order valence-corrected chi connectivity index (χ0v) is 13.4. The van der Waals surface area contributed by atoms with Gasteiger partial charge < -0.3 is 10.0 Å². The lowest BCUT2D eigenvalue weighted by molar-refractivity contribution is -0.136. The second-order valence-corrected chi connectivity index (χ2v) is 7.53. The van der Waals surface area contributed by atoms with E-state index in [1.54, 1.807) is 24.0 Å². The number of amides is 1. The molecule has 22 heavy (non-hydrogen) atoms. The number of hydrogen-bond donors (Lipinski definition) is 1. The summed E-state index contributed by atoms with van der Waals surface area (Å²) in [6.45, 7) is 3.71. The average molecular weight is 325 g/mol. The molecule has 0 unspecified atom stereocenters. The van der Waals surface area contributed by atoms with E-state index in [1.807, 2.05) is 6.92 Å². The first-order valence-corrected chi connectivity index (χ1v) is 8.81. The molecule has 1 amide bonds. The van der Waals surface area contributed by atoms with E-state index in [-0.39, 0.29) is 16.8 Å². The van der Waals surface area contributed by atoms with Gasteiger partial charge in [0.15, 0.2) is 9.84 Å². The molecule has 0 aliphatic carbocycles. The first-order valence-electron chi connectivity index (χ1n) is 7.15. The fraction of sp³-hybridized carbons (Fsp3) is 0.467. The lowest BCUT2D eigenvalue weighted by Crippen LogP contribution is -2.35. The zero-order valence-electron chi connectivity index (χ0n) is 12.6. The molecule has 1 heterocycles. The first kappa shape index (κ1) is 16.5. The molecule has 0 saturated heterocycles. The molecule has 0 radical (unpaired) electrons. The minimum Gasteiger partial charge on any atom is -0.481 e. The molecule has 6 nitrogen and oxygen atoms in total. The largest absolute Gasteiger partial charge is 0.481 e. The predicted octanol–water partition coefficient (Wildman–Crippen LogP) is 1.62. The Balaban J connectivity index is 2.33. The van der Waals surface area contributed by atoms with Gasteiger partial charge in [-0.25, -0.2) is 8.42 Å². The monoisotopic (exact) mass is 325 g/mol. The number of carbonyl (C=O) groups excluding carboxylic acids is 1. The molecule has 0 fully saturated rings. The highest BCUT2D eigenvalue weighted by atomic mass is 32.2. The highest BCUT2D eigenvalue weighted by Crippen LogP contribution is 2.34. The maximum Gasteiger partial charge on any atom is 0.304 e.